The molecule has 3 rings (SSSR count). The summed E-state index contributed by atoms with van der Waals surface area (Å²) in [6, 6.07) is 0.435. The van der Waals surface area contributed by atoms with Gasteiger partial charge in [-0.25, -0.2) is 0 Å². The number of hydrogen-bond acceptors (Lipinski definition) is 2. The molecule has 3 fully saturated rings. The van der Waals surface area contributed by atoms with Gasteiger partial charge in [-0.1, -0.05) is 32.1 Å². The van der Waals surface area contributed by atoms with Crippen molar-refractivity contribution in [1.82, 2.24) is 5.32 Å². The Hall–Kier alpha value is -0.570. The van der Waals surface area contributed by atoms with Gasteiger partial charge in [0, 0.05) is 25.7 Å². The first-order valence-corrected chi connectivity index (χ1v) is 8.66. The fourth-order valence-corrected chi connectivity index (χ4v) is 4.38. The maximum Gasteiger partial charge on any atom is 0.220 e. The van der Waals surface area contributed by atoms with E-state index in [9.17, 15) is 4.79 Å². The van der Waals surface area contributed by atoms with Crippen molar-refractivity contribution in [3.63, 3.8) is 0 Å². The summed E-state index contributed by atoms with van der Waals surface area (Å²) in [5, 5.41) is 3.32. The highest BCUT2D eigenvalue weighted by molar-refractivity contribution is 5.76. The number of nitrogens with one attached hydrogen (secondary N) is 1. The van der Waals surface area contributed by atoms with Crippen LogP contribution in [0, 0.1) is 11.3 Å². The third kappa shape index (κ3) is 3.19. The average molecular weight is 279 g/mol. The van der Waals surface area contributed by atoms with E-state index in [1.807, 2.05) is 0 Å². The molecule has 1 amide bonds. The van der Waals surface area contributed by atoms with Crippen molar-refractivity contribution >= 4 is 5.91 Å². The molecule has 20 heavy (non-hydrogen) atoms. The van der Waals surface area contributed by atoms with Crippen molar-refractivity contribution in [2.45, 2.75) is 76.7 Å². The first-order chi connectivity index (χ1) is 9.78. The monoisotopic (exact) mass is 279 g/mol. The molecule has 1 N–H and O–H groups in total. The lowest BCUT2D eigenvalue weighted by molar-refractivity contribution is -0.127. The zero-order valence-electron chi connectivity index (χ0n) is 12.7. The molecule has 0 bridgehead atoms. The molecule has 1 heterocycles. The summed E-state index contributed by atoms with van der Waals surface area (Å²) in [4.78, 5) is 12.2. The summed E-state index contributed by atoms with van der Waals surface area (Å²) < 4.78 is 5.47. The van der Waals surface area contributed by atoms with Gasteiger partial charge in [0.05, 0.1) is 0 Å². The Morgan fingerprint density at radius 1 is 1.05 bits per heavy atom. The van der Waals surface area contributed by atoms with E-state index in [1.165, 1.54) is 44.9 Å². The van der Waals surface area contributed by atoms with Crippen LogP contribution < -0.4 is 5.32 Å². The van der Waals surface area contributed by atoms with Crippen LogP contribution in [0.25, 0.3) is 0 Å². The third-order valence-corrected chi connectivity index (χ3v) is 6.00. The van der Waals surface area contributed by atoms with Gasteiger partial charge in [0.15, 0.2) is 0 Å². The molecule has 114 valence electrons. The molecule has 0 radical (unpaired) electrons. The minimum atomic E-state index is 0.297. The van der Waals surface area contributed by atoms with Gasteiger partial charge in [-0.3, -0.25) is 4.79 Å². The van der Waals surface area contributed by atoms with Crippen molar-refractivity contribution in [2.75, 3.05) is 13.2 Å². The predicted octanol–water partition coefficient (Wildman–Crippen LogP) is 3.42. The van der Waals surface area contributed by atoms with E-state index in [1.54, 1.807) is 0 Å². The van der Waals surface area contributed by atoms with E-state index in [0.717, 1.165) is 44.8 Å². The van der Waals surface area contributed by atoms with E-state index in [4.69, 9.17) is 4.74 Å². The number of ether oxygens (including phenoxy) is 1. The zero-order valence-corrected chi connectivity index (χ0v) is 12.7. The smallest absolute Gasteiger partial charge is 0.220 e. The van der Waals surface area contributed by atoms with Crippen molar-refractivity contribution in [2.24, 2.45) is 11.3 Å². The molecule has 1 aliphatic heterocycles. The van der Waals surface area contributed by atoms with Crippen molar-refractivity contribution in [3.05, 3.63) is 0 Å². The van der Waals surface area contributed by atoms with Crippen LogP contribution in [0.5, 0.6) is 0 Å². The fourth-order valence-electron chi connectivity index (χ4n) is 4.38. The molecule has 1 spiro atoms. The quantitative estimate of drug-likeness (QED) is 0.856. The van der Waals surface area contributed by atoms with Crippen molar-refractivity contribution in [3.8, 4) is 0 Å². The van der Waals surface area contributed by atoms with Crippen LogP contribution in [-0.2, 0) is 9.53 Å². The highest BCUT2D eigenvalue weighted by atomic mass is 16.5. The summed E-state index contributed by atoms with van der Waals surface area (Å²) in [6.07, 6.45) is 13.4. The van der Waals surface area contributed by atoms with Crippen LogP contribution in [0.2, 0.25) is 0 Å². The fraction of sp³-hybridized carbons (Fsp3) is 0.941. The Kier molecular flexibility index (Phi) is 4.65. The molecule has 0 aromatic carbocycles. The Balaban J connectivity index is 1.40. The number of rotatable bonds is 4. The van der Waals surface area contributed by atoms with E-state index < -0.39 is 0 Å². The first kappa shape index (κ1) is 14.4. The summed E-state index contributed by atoms with van der Waals surface area (Å²) in [5.74, 6) is 1.11. The van der Waals surface area contributed by atoms with E-state index in [2.05, 4.69) is 5.32 Å². The summed E-state index contributed by atoms with van der Waals surface area (Å²) in [7, 11) is 0. The van der Waals surface area contributed by atoms with Crippen LogP contribution in [-0.4, -0.2) is 25.2 Å². The molecule has 1 saturated heterocycles. The number of carbonyl (C=O) groups excluding carboxylic acids is 1. The number of carbonyl (C=O) groups is 1. The topological polar surface area (TPSA) is 38.3 Å². The Labute approximate surface area is 122 Å². The lowest BCUT2D eigenvalue weighted by atomic mass is 9.60. The van der Waals surface area contributed by atoms with Gasteiger partial charge in [-0.05, 0) is 43.4 Å². The molecular formula is C17H29NO2. The van der Waals surface area contributed by atoms with Crippen molar-refractivity contribution in [1.29, 1.82) is 0 Å². The van der Waals surface area contributed by atoms with Gasteiger partial charge < -0.3 is 10.1 Å². The van der Waals surface area contributed by atoms with Crippen LogP contribution in [0.15, 0.2) is 0 Å². The highest BCUT2D eigenvalue weighted by Gasteiger charge is 2.47. The van der Waals surface area contributed by atoms with Crippen LogP contribution >= 0.6 is 0 Å². The summed E-state index contributed by atoms with van der Waals surface area (Å²) in [5.41, 5.74) is 0.388. The minimum absolute atomic E-state index is 0.297. The van der Waals surface area contributed by atoms with Gasteiger partial charge in [0.1, 0.15) is 0 Å². The molecule has 2 aliphatic carbocycles. The normalized spacial score (nSPS) is 29.9. The third-order valence-electron chi connectivity index (χ3n) is 6.00. The number of hydrogen-bond donors (Lipinski definition) is 1. The largest absolute Gasteiger partial charge is 0.381 e. The van der Waals surface area contributed by atoms with Gasteiger partial charge in [-0.2, -0.15) is 0 Å². The van der Waals surface area contributed by atoms with Crippen LogP contribution in [0.1, 0.15) is 70.6 Å². The molecular weight excluding hydrogens is 250 g/mol. The molecule has 3 nitrogen and oxygen atoms in total. The summed E-state index contributed by atoms with van der Waals surface area (Å²) in [6.45, 7) is 1.77. The van der Waals surface area contributed by atoms with E-state index in [0.29, 0.717) is 17.4 Å². The van der Waals surface area contributed by atoms with Gasteiger partial charge >= 0.3 is 0 Å². The maximum atomic E-state index is 12.2. The van der Waals surface area contributed by atoms with Crippen LogP contribution in [0.3, 0.4) is 0 Å². The van der Waals surface area contributed by atoms with E-state index in [-0.39, 0.29) is 0 Å². The van der Waals surface area contributed by atoms with Gasteiger partial charge in [0.2, 0.25) is 5.91 Å². The van der Waals surface area contributed by atoms with Crippen LogP contribution in [0.4, 0.5) is 0 Å². The molecule has 2 saturated carbocycles. The number of amides is 1. The lowest BCUT2D eigenvalue weighted by Gasteiger charge is -2.52. The molecule has 0 aromatic rings. The molecule has 3 aliphatic rings. The van der Waals surface area contributed by atoms with Crippen molar-refractivity contribution < 1.29 is 9.53 Å². The predicted molar refractivity (Wildman–Crippen MR) is 79.5 cm³/mol. The van der Waals surface area contributed by atoms with E-state index >= 15 is 0 Å². The minimum Gasteiger partial charge on any atom is -0.381 e. The molecule has 3 heteroatoms. The van der Waals surface area contributed by atoms with Gasteiger partial charge in [-0.15, -0.1) is 0 Å². The molecule has 1 atom stereocenters. The lowest BCUT2D eigenvalue weighted by Crippen LogP contribution is -2.57. The highest BCUT2D eigenvalue weighted by Crippen LogP contribution is 2.48. The van der Waals surface area contributed by atoms with Gasteiger partial charge in [0.25, 0.3) is 0 Å². The standard InChI is InChI=1S/C17H29NO2/c19-16(7-6-14-4-2-1-3-5-14)18-15-8-9-17(15)10-12-20-13-11-17/h14-15H,1-13H2,(H,18,19). The Morgan fingerprint density at radius 3 is 2.45 bits per heavy atom. The Morgan fingerprint density at radius 2 is 1.80 bits per heavy atom. The Bertz CT molecular complexity index is 330. The maximum absolute atomic E-state index is 12.2. The average Bonchev–Trinajstić information content (AvgIpc) is 2.51. The second-order valence-electron chi connectivity index (χ2n) is 7.18. The first-order valence-electron chi connectivity index (χ1n) is 8.66. The zero-order chi connectivity index (χ0) is 13.8. The SMILES string of the molecule is O=C(CCC1CCCCC1)NC1CCC12CCOCC2. The second-order valence-corrected chi connectivity index (χ2v) is 7.18. The summed E-state index contributed by atoms with van der Waals surface area (Å²) >= 11 is 0. The second kappa shape index (κ2) is 6.46. The molecule has 1 unspecified atom stereocenters. The molecule has 0 aromatic heterocycles.